The Morgan fingerprint density at radius 3 is 2.64 bits per heavy atom. The van der Waals surface area contributed by atoms with Gasteiger partial charge >= 0.3 is 5.97 Å². The lowest BCUT2D eigenvalue weighted by atomic mass is 10.4. The molecule has 0 bridgehead atoms. The van der Waals surface area contributed by atoms with E-state index in [1.165, 1.54) is 12.5 Å². The zero-order valence-corrected chi connectivity index (χ0v) is 7.16. The fourth-order valence-corrected chi connectivity index (χ4v) is 1.09. The Labute approximate surface area is 79.7 Å². The number of nitrogens with zero attached hydrogens (tertiary/aromatic N) is 3. The summed E-state index contributed by atoms with van der Waals surface area (Å²) in [6, 6.07) is 3.54. The second-order valence-corrected chi connectivity index (χ2v) is 2.68. The van der Waals surface area contributed by atoms with Crippen molar-refractivity contribution in [1.82, 2.24) is 14.5 Å². The molecule has 0 atom stereocenters. The third-order valence-corrected chi connectivity index (χ3v) is 1.76. The minimum atomic E-state index is -1.03. The van der Waals surface area contributed by atoms with Crippen molar-refractivity contribution in [3.63, 3.8) is 0 Å². The summed E-state index contributed by atoms with van der Waals surface area (Å²) < 4.78 is 1.63. The van der Waals surface area contributed by atoms with Crippen LogP contribution < -0.4 is 0 Å². The molecule has 5 nitrogen and oxygen atoms in total. The van der Waals surface area contributed by atoms with E-state index >= 15 is 0 Å². The molecule has 0 aliphatic heterocycles. The molecule has 0 spiro atoms. The summed E-state index contributed by atoms with van der Waals surface area (Å²) in [7, 11) is 0. The first-order valence-corrected chi connectivity index (χ1v) is 3.95. The first-order valence-electron chi connectivity index (χ1n) is 3.95. The molecule has 0 radical (unpaired) electrons. The lowest BCUT2D eigenvalue weighted by molar-refractivity contribution is 0.0691. The lowest BCUT2D eigenvalue weighted by Crippen LogP contribution is -1.95. The SMILES string of the molecule is O=C(O)c1cn(-c2ccncc2)cn1. The molecule has 0 saturated heterocycles. The van der Waals surface area contributed by atoms with Crippen LogP contribution in [-0.2, 0) is 0 Å². The van der Waals surface area contributed by atoms with Gasteiger partial charge in [-0.2, -0.15) is 0 Å². The fraction of sp³-hybridized carbons (Fsp3) is 0. The number of imidazole rings is 1. The predicted octanol–water partition coefficient (Wildman–Crippen LogP) is 0.965. The van der Waals surface area contributed by atoms with E-state index in [4.69, 9.17) is 5.11 Å². The van der Waals surface area contributed by atoms with Crippen LogP contribution >= 0.6 is 0 Å². The molecule has 0 aromatic carbocycles. The molecule has 14 heavy (non-hydrogen) atoms. The van der Waals surface area contributed by atoms with Gasteiger partial charge in [0.2, 0.25) is 0 Å². The molecular weight excluding hydrogens is 182 g/mol. The third kappa shape index (κ3) is 1.47. The summed E-state index contributed by atoms with van der Waals surface area (Å²) in [6.45, 7) is 0. The van der Waals surface area contributed by atoms with E-state index in [1.54, 1.807) is 29.1 Å². The Morgan fingerprint density at radius 2 is 2.07 bits per heavy atom. The van der Waals surface area contributed by atoms with Crippen LogP contribution in [0.4, 0.5) is 0 Å². The number of rotatable bonds is 2. The van der Waals surface area contributed by atoms with Gasteiger partial charge in [0, 0.05) is 24.3 Å². The van der Waals surface area contributed by atoms with Crippen molar-refractivity contribution in [2.24, 2.45) is 0 Å². The second-order valence-electron chi connectivity index (χ2n) is 2.68. The van der Waals surface area contributed by atoms with Gasteiger partial charge in [0.15, 0.2) is 5.69 Å². The molecule has 0 amide bonds. The maximum Gasteiger partial charge on any atom is 0.356 e. The van der Waals surface area contributed by atoms with Gasteiger partial charge < -0.3 is 9.67 Å². The maximum absolute atomic E-state index is 10.6. The monoisotopic (exact) mass is 189 g/mol. The molecule has 2 aromatic heterocycles. The number of hydrogen-bond donors (Lipinski definition) is 1. The van der Waals surface area contributed by atoms with Gasteiger partial charge in [0.05, 0.1) is 0 Å². The molecule has 0 fully saturated rings. The highest BCUT2D eigenvalue weighted by atomic mass is 16.4. The first kappa shape index (κ1) is 8.43. The number of carboxylic acid groups (broad SMARTS) is 1. The van der Waals surface area contributed by atoms with Gasteiger partial charge in [0.25, 0.3) is 0 Å². The molecule has 0 saturated carbocycles. The highest BCUT2D eigenvalue weighted by Crippen LogP contribution is 2.06. The summed E-state index contributed by atoms with van der Waals surface area (Å²) in [5.41, 5.74) is 0.863. The molecule has 0 aliphatic rings. The summed E-state index contributed by atoms with van der Waals surface area (Å²) in [6.07, 6.45) is 6.18. The highest BCUT2D eigenvalue weighted by Gasteiger charge is 2.06. The van der Waals surface area contributed by atoms with Crippen molar-refractivity contribution < 1.29 is 9.90 Å². The standard InChI is InChI=1S/C9H7N3O2/c13-9(14)8-5-12(6-11-8)7-1-3-10-4-2-7/h1-6H,(H,13,14). The minimum absolute atomic E-state index is 0.0295. The minimum Gasteiger partial charge on any atom is -0.476 e. The van der Waals surface area contributed by atoms with Crippen molar-refractivity contribution in [3.8, 4) is 5.69 Å². The summed E-state index contributed by atoms with van der Waals surface area (Å²) in [5.74, 6) is -1.03. The van der Waals surface area contributed by atoms with Crippen LogP contribution in [-0.4, -0.2) is 25.6 Å². The van der Waals surface area contributed by atoms with Gasteiger partial charge in [-0.1, -0.05) is 0 Å². The van der Waals surface area contributed by atoms with Crippen molar-refractivity contribution in [1.29, 1.82) is 0 Å². The van der Waals surface area contributed by atoms with Crippen LogP contribution in [0.15, 0.2) is 37.1 Å². The Balaban J connectivity index is 2.39. The van der Waals surface area contributed by atoms with Crippen LogP contribution in [0.5, 0.6) is 0 Å². The van der Waals surface area contributed by atoms with E-state index in [9.17, 15) is 4.79 Å². The number of hydrogen-bond acceptors (Lipinski definition) is 3. The Kier molecular flexibility index (Phi) is 1.98. The molecule has 2 rings (SSSR count). The van der Waals surface area contributed by atoms with Crippen molar-refractivity contribution >= 4 is 5.97 Å². The summed E-state index contributed by atoms with van der Waals surface area (Å²) >= 11 is 0. The topological polar surface area (TPSA) is 68.0 Å². The quantitative estimate of drug-likeness (QED) is 0.764. The van der Waals surface area contributed by atoms with Crippen LogP contribution in [0.2, 0.25) is 0 Å². The van der Waals surface area contributed by atoms with E-state index in [0.717, 1.165) is 5.69 Å². The second kappa shape index (κ2) is 3.29. The average Bonchev–Trinajstić information content (AvgIpc) is 2.68. The zero-order chi connectivity index (χ0) is 9.97. The number of aromatic carboxylic acids is 1. The van der Waals surface area contributed by atoms with E-state index in [-0.39, 0.29) is 5.69 Å². The molecule has 2 heterocycles. The first-order chi connectivity index (χ1) is 6.77. The Hall–Kier alpha value is -2.17. The van der Waals surface area contributed by atoms with Gasteiger partial charge in [-0.15, -0.1) is 0 Å². The van der Waals surface area contributed by atoms with Crippen molar-refractivity contribution in [2.75, 3.05) is 0 Å². The Morgan fingerprint density at radius 1 is 1.36 bits per heavy atom. The van der Waals surface area contributed by atoms with Gasteiger partial charge in [-0.25, -0.2) is 9.78 Å². The molecule has 0 aliphatic carbocycles. The molecular formula is C9H7N3O2. The highest BCUT2D eigenvalue weighted by molar-refractivity contribution is 5.85. The number of pyridine rings is 1. The number of carboxylic acids is 1. The Bertz CT molecular complexity index is 450. The lowest BCUT2D eigenvalue weighted by Gasteiger charge is -1.98. The normalized spacial score (nSPS) is 10.0. The van der Waals surface area contributed by atoms with Crippen molar-refractivity contribution in [3.05, 3.63) is 42.7 Å². The zero-order valence-electron chi connectivity index (χ0n) is 7.16. The van der Waals surface area contributed by atoms with Crippen molar-refractivity contribution in [2.45, 2.75) is 0 Å². The van der Waals surface area contributed by atoms with E-state index in [0.29, 0.717) is 0 Å². The molecule has 70 valence electrons. The average molecular weight is 189 g/mol. The largest absolute Gasteiger partial charge is 0.476 e. The molecule has 0 unspecified atom stereocenters. The van der Waals surface area contributed by atoms with Gasteiger partial charge in [-0.3, -0.25) is 4.98 Å². The van der Waals surface area contributed by atoms with Crippen LogP contribution in [0, 0.1) is 0 Å². The van der Waals surface area contributed by atoms with E-state index < -0.39 is 5.97 Å². The predicted molar refractivity (Wildman–Crippen MR) is 48.3 cm³/mol. The summed E-state index contributed by atoms with van der Waals surface area (Å²) in [5, 5.41) is 8.66. The fourth-order valence-electron chi connectivity index (χ4n) is 1.09. The third-order valence-electron chi connectivity index (χ3n) is 1.76. The number of aromatic nitrogens is 3. The maximum atomic E-state index is 10.6. The van der Waals surface area contributed by atoms with Crippen LogP contribution in [0.25, 0.3) is 5.69 Å². The molecule has 5 heteroatoms. The van der Waals surface area contributed by atoms with Crippen LogP contribution in [0.1, 0.15) is 10.5 Å². The molecule has 1 N–H and O–H groups in total. The van der Waals surface area contributed by atoms with Gasteiger partial charge in [-0.05, 0) is 12.1 Å². The van der Waals surface area contributed by atoms with Gasteiger partial charge in [0.1, 0.15) is 6.33 Å². The smallest absolute Gasteiger partial charge is 0.356 e. The van der Waals surface area contributed by atoms with Crippen LogP contribution in [0.3, 0.4) is 0 Å². The summed E-state index contributed by atoms with van der Waals surface area (Å²) in [4.78, 5) is 18.2. The van der Waals surface area contributed by atoms with E-state index in [1.807, 2.05) is 0 Å². The number of carbonyl (C=O) groups is 1. The molecule has 2 aromatic rings. The van der Waals surface area contributed by atoms with E-state index in [2.05, 4.69) is 9.97 Å².